The summed E-state index contributed by atoms with van der Waals surface area (Å²) in [4.78, 5) is 18.0. The number of methoxy groups -OCH3 is 1. The van der Waals surface area contributed by atoms with Crippen molar-refractivity contribution in [3.05, 3.63) is 90.0 Å². The number of hydrogen-bond donors (Lipinski definition) is 1. The summed E-state index contributed by atoms with van der Waals surface area (Å²) in [5, 5.41) is 3.84. The molecule has 0 spiro atoms. The van der Waals surface area contributed by atoms with Crippen molar-refractivity contribution < 1.29 is 9.53 Å². The Hall–Kier alpha value is -3.66. The van der Waals surface area contributed by atoms with Crippen molar-refractivity contribution >= 4 is 22.5 Å². The van der Waals surface area contributed by atoms with Gasteiger partial charge in [-0.2, -0.15) is 0 Å². The van der Waals surface area contributed by atoms with Gasteiger partial charge in [0.1, 0.15) is 5.75 Å². The molecule has 138 valence electrons. The van der Waals surface area contributed by atoms with E-state index < -0.39 is 0 Å². The van der Waals surface area contributed by atoms with Crippen molar-refractivity contribution in [1.82, 2.24) is 4.98 Å². The van der Waals surface area contributed by atoms with E-state index in [1.54, 1.807) is 7.11 Å². The molecule has 0 bridgehead atoms. The summed E-state index contributed by atoms with van der Waals surface area (Å²) in [6.07, 6.45) is 0. The predicted molar refractivity (Wildman–Crippen MR) is 113 cm³/mol. The smallest absolute Gasteiger partial charge is 0.256 e. The van der Waals surface area contributed by atoms with Gasteiger partial charge in [0.15, 0.2) is 0 Å². The summed E-state index contributed by atoms with van der Waals surface area (Å²) < 4.78 is 5.18. The summed E-state index contributed by atoms with van der Waals surface area (Å²) in [7, 11) is 1.62. The predicted octanol–water partition coefficient (Wildman–Crippen LogP) is 5.47. The third-order valence-electron chi connectivity index (χ3n) is 4.76. The van der Waals surface area contributed by atoms with E-state index in [4.69, 9.17) is 9.72 Å². The van der Waals surface area contributed by atoms with Gasteiger partial charge in [-0.05, 0) is 42.8 Å². The fourth-order valence-corrected chi connectivity index (χ4v) is 3.34. The van der Waals surface area contributed by atoms with Gasteiger partial charge in [-0.15, -0.1) is 0 Å². The molecule has 0 saturated carbocycles. The first kappa shape index (κ1) is 17.7. The van der Waals surface area contributed by atoms with E-state index in [0.29, 0.717) is 11.3 Å². The number of para-hydroxylation sites is 1. The van der Waals surface area contributed by atoms with Crippen LogP contribution in [0.5, 0.6) is 5.75 Å². The van der Waals surface area contributed by atoms with Gasteiger partial charge >= 0.3 is 0 Å². The fourth-order valence-electron chi connectivity index (χ4n) is 3.34. The molecule has 3 aromatic carbocycles. The Morgan fingerprint density at radius 3 is 2.29 bits per heavy atom. The second-order valence-corrected chi connectivity index (χ2v) is 6.53. The fraction of sp³-hybridized carbons (Fsp3) is 0.0833. The van der Waals surface area contributed by atoms with Crippen LogP contribution in [0.1, 0.15) is 15.9 Å². The molecule has 1 aromatic heterocycles. The van der Waals surface area contributed by atoms with Crippen molar-refractivity contribution in [1.29, 1.82) is 0 Å². The van der Waals surface area contributed by atoms with E-state index in [1.165, 1.54) is 0 Å². The van der Waals surface area contributed by atoms with Gasteiger partial charge in [-0.25, -0.2) is 4.98 Å². The number of amides is 1. The summed E-state index contributed by atoms with van der Waals surface area (Å²) >= 11 is 0. The average molecular weight is 368 g/mol. The van der Waals surface area contributed by atoms with Crippen molar-refractivity contribution in [2.24, 2.45) is 0 Å². The minimum Gasteiger partial charge on any atom is -0.497 e. The first-order valence-electron chi connectivity index (χ1n) is 9.07. The van der Waals surface area contributed by atoms with E-state index in [9.17, 15) is 4.79 Å². The Balaban J connectivity index is 1.82. The van der Waals surface area contributed by atoms with Gasteiger partial charge in [-0.3, -0.25) is 4.79 Å². The molecule has 4 heteroatoms. The number of aromatic nitrogens is 1. The van der Waals surface area contributed by atoms with Crippen LogP contribution < -0.4 is 10.1 Å². The zero-order chi connectivity index (χ0) is 19.5. The number of carbonyl (C=O) groups excluding carboxylic acids is 1. The molecule has 28 heavy (non-hydrogen) atoms. The van der Waals surface area contributed by atoms with Crippen molar-refractivity contribution in [2.75, 3.05) is 12.4 Å². The standard InChI is InChI=1S/C24H20N2O2/c1-16-22(24(27)25-18-12-14-19(28-2)15-13-18)20-10-6-7-11-21(20)26-23(16)17-8-4-3-5-9-17/h3-15H,1-2H3,(H,25,27). The molecule has 1 N–H and O–H groups in total. The Labute approximate surface area is 163 Å². The number of hydrogen-bond acceptors (Lipinski definition) is 3. The molecule has 4 aromatic rings. The minimum absolute atomic E-state index is 0.154. The second kappa shape index (κ2) is 7.53. The molecule has 0 unspecified atom stereocenters. The number of nitrogens with one attached hydrogen (secondary N) is 1. The summed E-state index contributed by atoms with van der Waals surface area (Å²) in [6, 6.07) is 25.0. The number of pyridine rings is 1. The van der Waals surface area contributed by atoms with Gasteiger partial charge in [0.2, 0.25) is 0 Å². The largest absolute Gasteiger partial charge is 0.497 e. The minimum atomic E-state index is -0.154. The zero-order valence-corrected chi connectivity index (χ0v) is 15.8. The number of ether oxygens (including phenoxy) is 1. The Morgan fingerprint density at radius 2 is 1.57 bits per heavy atom. The molecule has 1 amide bonds. The maximum absolute atomic E-state index is 13.2. The molecule has 0 fully saturated rings. The molecule has 0 aliphatic carbocycles. The summed E-state index contributed by atoms with van der Waals surface area (Å²) in [6.45, 7) is 1.95. The Bertz CT molecular complexity index is 1140. The topological polar surface area (TPSA) is 51.2 Å². The lowest BCUT2D eigenvalue weighted by Crippen LogP contribution is -2.15. The average Bonchev–Trinajstić information content (AvgIpc) is 2.74. The van der Waals surface area contributed by atoms with Gasteiger partial charge in [-0.1, -0.05) is 48.5 Å². The molecule has 0 atom stereocenters. The van der Waals surface area contributed by atoms with Gasteiger partial charge in [0.05, 0.1) is 23.9 Å². The van der Waals surface area contributed by atoms with Crippen molar-refractivity contribution in [3.63, 3.8) is 0 Å². The number of carbonyl (C=O) groups is 1. The molecule has 4 rings (SSSR count). The van der Waals surface area contributed by atoms with Crippen molar-refractivity contribution in [3.8, 4) is 17.0 Å². The highest BCUT2D eigenvalue weighted by Crippen LogP contribution is 2.30. The van der Waals surface area contributed by atoms with Crippen LogP contribution in [0.3, 0.4) is 0 Å². The summed E-state index contributed by atoms with van der Waals surface area (Å²) in [5.74, 6) is 0.591. The third-order valence-corrected chi connectivity index (χ3v) is 4.76. The van der Waals surface area contributed by atoms with Crippen LogP contribution in [0, 0.1) is 6.92 Å². The van der Waals surface area contributed by atoms with Crippen molar-refractivity contribution in [2.45, 2.75) is 6.92 Å². The highest BCUT2D eigenvalue weighted by molar-refractivity contribution is 6.14. The van der Waals surface area contributed by atoms with Crippen LogP contribution in [-0.4, -0.2) is 18.0 Å². The molecule has 0 radical (unpaired) electrons. The van der Waals surface area contributed by atoms with Crippen LogP contribution in [-0.2, 0) is 0 Å². The molecular weight excluding hydrogens is 348 g/mol. The summed E-state index contributed by atoms with van der Waals surface area (Å²) in [5.41, 5.74) is 4.82. The molecule has 0 saturated heterocycles. The Morgan fingerprint density at radius 1 is 0.893 bits per heavy atom. The number of rotatable bonds is 4. The second-order valence-electron chi connectivity index (χ2n) is 6.53. The quantitative estimate of drug-likeness (QED) is 0.519. The van der Waals surface area contributed by atoms with E-state index in [2.05, 4.69) is 5.32 Å². The lowest BCUT2D eigenvalue weighted by molar-refractivity contribution is 0.102. The zero-order valence-electron chi connectivity index (χ0n) is 15.8. The number of fused-ring (bicyclic) bond motifs is 1. The molecule has 4 nitrogen and oxygen atoms in total. The van der Waals surface area contributed by atoms with E-state index in [1.807, 2.05) is 85.8 Å². The highest BCUT2D eigenvalue weighted by Gasteiger charge is 2.19. The number of anilines is 1. The van der Waals surface area contributed by atoms with Crippen LogP contribution in [0.15, 0.2) is 78.9 Å². The van der Waals surface area contributed by atoms with Gasteiger partial charge in [0, 0.05) is 16.6 Å². The normalized spacial score (nSPS) is 10.6. The van der Waals surface area contributed by atoms with E-state index >= 15 is 0 Å². The Kier molecular flexibility index (Phi) is 4.77. The maximum Gasteiger partial charge on any atom is 0.256 e. The monoisotopic (exact) mass is 368 g/mol. The SMILES string of the molecule is COc1ccc(NC(=O)c2c(C)c(-c3ccccc3)nc3ccccc23)cc1. The highest BCUT2D eigenvalue weighted by atomic mass is 16.5. The third kappa shape index (κ3) is 3.32. The first-order valence-corrected chi connectivity index (χ1v) is 9.07. The lowest BCUT2D eigenvalue weighted by Gasteiger charge is -2.15. The molecule has 0 aliphatic heterocycles. The first-order chi connectivity index (χ1) is 13.7. The lowest BCUT2D eigenvalue weighted by atomic mass is 9.97. The number of benzene rings is 3. The molecule has 1 heterocycles. The molecule has 0 aliphatic rings. The maximum atomic E-state index is 13.2. The van der Waals surface area contributed by atoms with Crippen LogP contribution in [0.2, 0.25) is 0 Å². The van der Waals surface area contributed by atoms with E-state index in [0.717, 1.165) is 33.5 Å². The van der Waals surface area contributed by atoms with Crippen LogP contribution in [0.25, 0.3) is 22.2 Å². The van der Waals surface area contributed by atoms with Gasteiger partial charge in [0.25, 0.3) is 5.91 Å². The van der Waals surface area contributed by atoms with Crippen LogP contribution >= 0.6 is 0 Å². The van der Waals surface area contributed by atoms with Crippen LogP contribution in [0.4, 0.5) is 5.69 Å². The number of nitrogens with zero attached hydrogens (tertiary/aromatic N) is 1. The van der Waals surface area contributed by atoms with Gasteiger partial charge < -0.3 is 10.1 Å². The molecular formula is C24H20N2O2. The van der Waals surface area contributed by atoms with E-state index in [-0.39, 0.29) is 5.91 Å².